The first-order chi connectivity index (χ1) is 14.2. The Kier molecular flexibility index (Phi) is 6.04. The highest BCUT2D eigenvalue weighted by atomic mass is 32.2. The fourth-order valence-electron chi connectivity index (χ4n) is 2.70. The molecule has 0 aromatic heterocycles. The number of benzene rings is 3. The first-order valence-electron chi connectivity index (χ1n) is 8.73. The summed E-state index contributed by atoms with van der Waals surface area (Å²) >= 11 is 0. The normalized spacial score (nSPS) is 11.1. The van der Waals surface area contributed by atoms with Crippen LogP contribution < -0.4 is 19.9 Å². The Labute approximate surface area is 173 Å². The first kappa shape index (κ1) is 21.3. The number of anilines is 1. The number of halogens is 1. The third-order valence-electron chi connectivity index (χ3n) is 4.15. The molecule has 0 aliphatic heterocycles. The van der Waals surface area contributed by atoms with Gasteiger partial charge in [0.05, 0.1) is 17.6 Å². The molecule has 0 unspecified atom stereocenters. The minimum atomic E-state index is -3.91. The molecular weight excluding hydrogens is 411 g/mol. The first-order valence-corrected chi connectivity index (χ1v) is 10.3. The maximum atomic E-state index is 13.5. The smallest absolute Gasteiger partial charge is 0.259 e. The molecule has 156 valence electrons. The summed E-state index contributed by atoms with van der Waals surface area (Å²) in [5.41, 5.74) is 1.27. The third-order valence-corrected chi connectivity index (χ3v) is 5.06. The zero-order valence-electron chi connectivity index (χ0n) is 16.2. The van der Waals surface area contributed by atoms with Crippen LogP contribution in [0.25, 0.3) is 0 Å². The van der Waals surface area contributed by atoms with E-state index in [2.05, 4.69) is 5.32 Å². The number of sulfonamides is 1. The summed E-state index contributed by atoms with van der Waals surface area (Å²) in [6.45, 7) is 1.83. The van der Waals surface area contributed by atoms with Gasteiger partial charge in [0.15, 0.2) is 11.5 Å². The van der Waals surface area contributed by atoms with Gasteiger partial charge in [-0.1, -0.05) is 12.1 Å². The molecular formula is C21H19FN2O5S. The number of hydrogen-bond acceptors (Lipinski definition) is 5. The number of aryl methyl sites for hydroxylation is 1. The quantitative estimate of drug-likeness (QED) is 0.618. The van der Waals surface area contributed by atoms with Crippen molar-refractivity contribution < 1.29 is 27.1 Å². The fraction of sp³-hybridized carbons (Fsp3) is 0.0952. The minimum Gasteiger partial charge on any atom is -0.493 e. The Hall–Kier alpha value is -3.43. The maximum Gasteiger partial charge on any atom is 0.259 e. The molecule has 0 spiro atoms. The molecule has 1 amide bonds. The van der Waals surface area contributed by atoms with Gasteiger partial charge in [-0.15, -0.1) is 0 Å². The van der Waals surface area contributed by atoms with Crippen LogP contribution in [-0.4, -0.2) is 21.4 Å². The molecule has 7 nitrogen and oxygen atoms in total. The molecule has 0 saturated heterocycles. The van der Waals surface area contributed by atoms with E-state index in [4.69, 9.17) is 14.6 Å². The van der Waals surface area contributed by atoms with Crippen molar-refractivity contribution in [2.24, 2.45) is 5.14 Å². The number of ether oxygens (including phenoxy) is 2. The summed E-state index contributed by atoms with van der Waals surface area (Å²) in [7, 11) is -2.53. The van der Waals surface area contributed by atoms with Gasteiger partial charge in [-0.3, -0.25) is 4.79 Å². The van der Waals surface area contributed by atoms with Gasteiger partial charge in [0, 0.05) is 11.8 Å². The van der Waals surface area contributed by atoms with Crippen LogP contribution in [0.15, 0.2) is 65.6 Å². The zero-order chi connectivity index (χ0) is 21.9. The largest absolute Gasteiger partial charge is 0.493 e. The van der Waals surface area contributed by atoms with Crippen LogP contribution in [0.2, 0.25) is 0 Å². The van der Waals surface area contributed by atoms with Gasteiger partial charge in [-0.2, -0.15) is 0 Å². The lowest BCUT2D eigenvalue weighted by Crippen LogP contribution is -2.15. The van der Waals surface area contributed by atoms with Gasteiger partial charge >= 0.3 is 0 Å². The average molecular weight is 430 g/mol. The van der Waals surface area contributed by atoms with Crippen LogP contribution in [0.4, 0.5) is 10.1 Å². The highest BCUT2D eigenvalue weighted by molar-refractivity contribution is 7.89. The number of carbonyl (C=O) groups excluding carboxylic acids is 1. The number of nitrogens with one attached hydrogen (secondary N) is 1. The number of carbonyl (C=O) groups is 1. The molecule has 3 N–H and O–H groups in total. The SMILES string of the molecule is COc1cc(F)ccc1Oc1cc(C)ccc1C(=O)Nc1cccc(S(N)(=O)=O)c1. The number of hydrogen-bond donors (Lipinski definition) is 2. The van der Waals surface area contributed by atoms with Crippen LogP contribution in [-0.2, 0) is 10.0 Å². The lowest BCUT2D eigenvalue weighted by atomic mass is 10.1. The van der Waals surface area contributed by atoms with E-state index in [1.54, 1.807) is 18.2 Å². The van der Waals surface area contributed by atoms with Crippen LogP contribution in [0, 0.1) is 12.7 Å². The molecule has 30 heavy (non-hydrogen) atoms. The third kappa shape index (κ3) is 4.94. The molecule has 0 bridgehead atoms. The van der Waals surface area contributed by atoms with Crippen molar-refractivity contribution in [1.29, 1.82) is 0 Å². The summed E-state index contributed by atoms with van der Waals surface area (Å²) in [5.74, 6) is -0.396. The predicted octanol–water partition coefficient (Wildman–Crippen LogP) is 3.83. The summed E-state index contributed by atoms with van der Waals surface area (Å²) in [6, 6.07) is 14.3. The van der Waals surface area contributed by atoms with Gasteiger partial charge in [-0.25, -0.2) is 17.9 Å². The molecule has 0 aliphatic rings. The van der Waals surface area contributed by atoms with Crippen molar-refractivity contribution in [3.8, 4) is 17.2 Å². The van der Waals surface area contributed by atoms with E-state index in [1.165, 1.54) is 49.6 Å². The minimum absolute atomic E-state index is 0.128. The van der Waals surface area contributed by atoms with E-state index >= 15 is 0 Å². The standard InChI is InChI=1S/C21H19FN2O5S/c1-13-6-8-17(19(10-13)29-18-9-7-14(22)11-20(18)28-2)21(25)24-15-4-3-5-16(12-15)30(23,26)27/h3-12H,1-2H3,(H,24,25)(H2,23,26,27). The molecule has 0 heterocycles. The summed E-state index contributed by atoms with van der Waals surface area (Å²) in [6.07, 6.45) is 0. The lowest BCUT2D eigenvalue weighted by Gasteiger charge is -2.14. The van der Waals surface area contributed by atoms with Gasteiger partial charge in [-0.05, 0) is 55.0 Å². The van der Waals surface area contributed by atoms with Crippen molar-refractivity contribution in [2.75, 3.05) is 12.4 Å². The number of nitrogens with two attached hydrogens (primary N) is 1. The monoisotopic (exact) mass is 430 g/mol. The van der Waals surface area contributed by atoms with Crippen LogP contribution in [0.5, 0.6) is 17.2 Å². The molecule has 9 heteroatoms. The van der Waals surface area contributed by atoms with E-state index in [-0.39, 0.29) is 33.4 Å². The van der Waals surface area contributed by atoms with E-state index in [0.29, 0.717) is 0 Å². The molecule has 0 radical (unpaired) electrons. The van der Waals surface area contributed by atoms with E-state index < -0.39 is 21.7 Å². The number of rotatable bonds is 6. The predicted molar refractivity (Wildman–Crippen MR) is 110 cm³/mol. The topological polar surface area (TPSA) is 108 Å². The number of amides is 1. The van der Waals surface area contributed by atoms with Crippen molar-refractivity contribution in [1.82, 2.24) is 0 Å². The van der Waals surface area contributed by atoms with E-state index in [0.717, 1.165) is 5.56 Å². The number of methoxy groups -OCH3 is 1. The second-order valence-electron chi connectivity index (χ2n) is 6.42. The second kappa shape index (κ2) is 8.52. The molecule has 3 aromatic rings. The molecule has 3 rings (SSSR count). The van der Waals surface area contributed by atoms with Crippen molar-refractivity contribution >= 4 is 21.6 Å². The Morgan fingerprint density at radius 2 is 1.77 bits per heavy atom. The lowest BCUT2D eigenvalue weighted by molar-refractivity contribution is 0.102. The molecule has 0 atom stereocenters. The van der Waals surface area contributed by atoms with Crippen molar-refractivity contribution in [3.63, 3.8) is 0 Å². The Morgan fingerprint density at radius 1 is 1.00 bits per heavy atom. The zero-order valence-corrected chi connectivity index (χ0v) is 17.0. The Morgan fingerprint density at radius 3 is 2.47 bits per heavy atom. The van der Waals surface area contributed by atoms with Crippen LogP contribution in [0.1, 0.15) is 15.9 Å². The van der Waals surface area contributed by atoms with Gasteiger partial charge in [0.25, 0.3) is 5.91 Å². The second-order valence-corrected chi connectivity index (χ2v) is 7.99. The Bertz CT molecular complexity index is 1210. The molecule has 3 aromatic carbocycles. The summed E-state index contributed by atoms with van der Waals surface area (Å²) < 4.78 is 47.5. The van der Waals surface area contributed by atoms with Gasteiger partial charge < -0.3 is 14.8 Å². The highest BCUT2D eigenvalue weighted by Gasteiger charge is 2.17. The Balaban J connectivity index is 1.93. The van der Waals surface area contributed by atoms with Crippen molar-refractivity contribution in [2.45, 2.75) is 11.8 Å². The summed E-state index contributed by atoms with van der Waals surface area (Å²) in [5, 5.41) is 7.76. The molecule has 0 aliphatic carbocycles. The number of primary sulfonamides is 1. The van der Waals surface area contributed by atoms with Gasteiger partial charge in [0.1, 0.15) is 11.6 Å². The van der Waals surface area contributed by atoms with Gasteiger partial charge in [0.2, 0.25) is 10.0 Å². The van der Waals surface area contributed by atoms with Crippen molar-refractivity contribution in [3.05, 3.63) is 77.6 Å². The van der Waals surface area contributed by atoms with E-state index in [1.807, 2.05) is 6.92 Å². The molecule has 0 saturated carbocycles. The average Bonchev–Trinajstić information content (AvgIpc) is 2.69. The maximum absolute atomic E-state index is 13.5. The molecule has 0 fully saturated rings. The summed E-state index contributed by atoms with van der Waals surface area (Å²) in [4.78, 5) is 12.7. The van der Waals surface area contributed by atoms with E-state index in [9.17, 15) is 17.6 Å². The van der Waals surface area contributed by atoms with Crippen LogP contribution >= 0.6 is 0 Å². The highest BCUT2D eigenvalue weighted by Crippen LogP contribution is 2.34. The van der Waals surface area contributed by atoms with Crippen LogP contribution in [0.3, 0.4) is 0 Å². The fourth-order valence-corrected chi connectivity index (χ4v) is 3.25.